The number of hydrogen-bond acceptors (Lipinski definition) is 6. The molecule has 3 heterocycles. The molecule has 0 aliphatic rings. The minimum absolute atomic E-state index is 0.492. The quantitative estimate of drug-likeness (QED) is 0.349. The van der Waals surface area contributed by atoms with Gasteiger partial charge in [-0.05, 0) is 35.2 Å². The predicted molar refractivity (Wildman–Crippen MR) is 114 cm³/mol. The van der Waals surface area contributed by atoms with E-state index in [1.54, 1.807) is 19.5 Å². The third-order valence-corrected chi connectivity index (χ3v) is 4.76. The Kier molecular flexibility index (Phi) is 4.21. The van der Waals surface area contributed by atoms with Gasteiger partial charge in [0, 0.05) is 42.0 Å². The molecule has 0 aliphatic heterocycles. The second-order valence-electron chi connectivity index (χ2n) is 6.65. The van der Waals surface area contributed by atoms with E-state index in [1.165, 1.54) is 10.9 Å². The molecule has 5 rings (SSSR count). The van der Waals surface area contributed by atoms with E-state index >= 15 is 0 Å². The molecular formula is C21H19N7O. The van der Waals surface area contributed by atoms with Gasteiger partial charge in [-0.25, -0.2) is 4.98 Å². The van der Waals surface area contributed by atoms with Crippen molar-refractivity contribution >= 4 is 39.3 Å². The summed E-state index contributed by atoms with van der Waals surface area (Å²) in [5.74, 6) is 1.95. The van der Waals surface area contributed by atoms with E-state index in [2.05, 4.69) is 60.0 Å². The lowest BCUT2D eigenvalue weighted by Crippen LogP contribution is -2.04. The van der Waals surface area contributed by atoms with Crippen molar-refractivity contribution in [2.75, 3.05) is 17.7 Å². The first kappa shape index (κ1) is 17.1. The van der Waals surface area contributed by atoms with Crippen molar-refractivity contribution in [3.8, 4) is 5.75 Å². The van der Waals surface area contributed by atoms with Crippen LogP contribution in [0.15, 0.2) is 61.1 Å². The summed E-state index contributed by atoms with van der Waals surface area (Å²) in [6.07, 6.45) is 5.43. The van der Waals surface area contributed by atoms with Crippen LogP contribution in [0, 0.1) is 0 Å². The number of benzene rings is 2. The summed E-state index contributed by atoms with van der Waals surface area (Å²) in [7, 11) is 1.63. The van der Waals surface area contributed by atoms with Gasteiger partial charge in [0.2, 0.25) is 5.95 Å². The Morgan fingerprint density at radius 2 is 2.03 bits per heavy atom. The average molecular weight is 385 g/mol. The van der Waals surface area contributed by atoms with Crippen LogP contribution in [0.4, 0.5) is 17.5 Å². The highest BCUT2D eigenvalue weighted by atomic mass is 16.5. The van der Waals surface area contributed by atoms with Crippen molar-refractivity contribution in [2.24, 2.45) is 0 Å². The predicted octanol–water partition coefficient (Wildman–Crippen LogP) is 4.20. The van der Waals surface area contributed by atoms with Gasteiger partial charge in [0.05, 0.1) is 24.5 Å². The van der Waals surface area contributed by atoms with Crippen LogP contribution in [0.2, 0.25) is 0 Å². The van der Waals surface area contributed by atoms with Gasteiger partial charge in [-0.15, -0.1) is 0 Å². The van der Waals surface area contributed by atoms with E-state index in [9.17, 15) is 0 Å². The highest BCUT2D eigenvalue weighted by Gasteiger charge is 2.09. The molecule has 0 atom stereocenters. The van der Waals surface area contributed by atoms with E-state index in [4.69, 9.17) is 4.74 Å². The smallest absolute Gasteiger partial charge is 0.229 e. The maximum Gasteiger partial charge on any atom is 0.229 e. The van der Waals surface area contributed by atoms with Crippen molar-refractivity contribution in [3.63, 3.8) is 0 Å². The molecule has 0 unspecified atom stereocenters. The van der Waals surface area contributed by atoms with Crippen LogP contribution in [0.1, 0.15) is 5.56 Å². The summed E-state index contributed by atoms with van der Waals surface area (Å²) in [5.41, 5.74) is 4.01. The van der Waals surface area contributed by atoms with Gasteiger partial charge in [0.25, 0.3) is 0 Å². The molecule has 2 aromatic carbocycles. The Balaban J connectivity index is 1.35. The van der Waals surface area contributed by atoms with E-state index in [0.29, 0.717) is 12.5 Å². The van der Waals surface area contributed by atoms with Crippen molar-refractivity contribution in [1.29, 1.82) is 0 Å². The zero-order valence-corrected chi connectivity index (χ0v) is 15.7. The fourth-order valence-electron chi connectivity index (χ4n) is 3.29. The van der Waals surface area contributed by atoms with E-state index < -0.39 is 0 Å². The first-order valence-electron chi connectivity index (χ1n) is 9.19. The minimum atomic E-state index is 0.492. The molecule has 0 amide bonds. The minimum Gasteiger partial charge on any atom is -0.497 e. The molecule has 144 valence electrons. The second-order valence-corrected chi connectivity index (χ2v) is 6.65. The van der Waals surface area contributed by atoms with E-state index in [1.807, 2.05) is 24.4 Å². The Hall–Kier alpha value is -4.07. The molecule has 8 heteroatoms. The van der Waals surface area contributed by atoms with Crippen LogP contribution in [0.3, 0.4) is 0 Å². The summed E-state index contributed by atoms with van der Waals surface area (Å²) in [5, 5.41) is 15.8. The maximum atomic E-state index is 5.36. The lowest BCUT2D eigenvalue weighted by molar-refractivity contribution is 0.415. The summed E-state index contributed by atoms with van der Waals surface area (Å²) >= 11 is 0. The Morgan fingerprint density at radius 1 is 1.07 bits per heavy atom. The number of anilines is 3. The molecule has 0 fully saturated rings. The molecule has 8 nitrogen and oxygen atoms in total. The number of aromatic amines is 2. The number of rotatable bonds is 6. The van der Waals surface area contributed by atoms with Crippen molar-refractivity contribution in [3.05, 3.63) is 66.6 Å². The normalized spacial score (nSPS) is 11.1. The number of hydrogen-bond donors (Lipinski definition) is 4. The lowest BCUT2D eigenvalue weighted by atomic mass is 10.1. The topological polar surface area (TPSA) is 104 Å². The molecule has 3 aromatic heterocycles. The molecule has 0 radical (unpaired) electrons. The summed E-state index contributed by atoms with van der Waals surface area (Å²) in [6, 6.07) is 14.0. The summed E-state index contributed by atoms with van der Waals surface area (Å²) in [6.45, 7) is 0.669. The fraction of sp³-hybridized carbons (Fsp3) is 0.0952. The molecule has 4 N–H and O–H groups in total. The van der Waals surface area contributed by atoms with Gasteiger partial charge in [-0.1, -0.05) is 6.07 Å². The first-order chi connectivity index (χ1) is 14.3. The Morgan fingerprint density at radius 3 is 2.97 bits per heavy atom. The first-order valence-corrected chi connectivity index (χ1v) is 9.19. The fourth-order valence-corrected chi connectivity index (χ4v) is 3.29. The molecule has 0 spiro atoms. The standard InChI is InChI=1S/C21H19N7O/c1-29-15-9-18(16-12-25-28-19(16)10-15)26-21-23-7-5-20(27-21)24-11-13-2-3-17-14(8-13)4-6-22-17/h2-10,12,22H,11H2,1H3,(H,25,28)(H2,23,24,26,27). The number of nitrogens with one attached hydrogen (secondary N) is 4. The van der Waals surface area contributed by atoms with E-state index in [-0.39, 0.29) is 0 Å². The van der Waals surface area contributed by atoms with Gasteiger partial charge >= 0.3 is 0 Å². The van der Waals surface area contributed by atoms with Crippen molar-refractivity contribution < 1.29 is 4.74 Å². The zero-order chi connectivity index (χ0) is 19.6. The number of methoxy groups -OCH3 is 1. The van der Waals surface area contributed by atoms with Crippen LogP contribution < -0.4 is 15.4 Å². The van der Waals surface area contributed by atoms with Crippen molar-refractivity contribution in [2.45, 2.75) is 6.54 Å². The number of fused-ring (bicyclic) bond motifs is 2. The highest BCUT2D eigenvalue weighted by Crippen LogP contribution is 2.29. The van der Waals surface area contributed by atoms with Gasteiger partial charge in [-0.3, -0.25) is 5.10 Å². The summed E-state index contributed by atoms with van der Waals surface area (Å²) < 4.78 is 5.36. The molecule has 0 saturated carbocycles. The van der Waals surface area contributed by atoms with Crippen LogP contribution in [0.25, 0.3) is 21.8 Å². The maximum absolute atomic E-state index is 5.36. The number of H-pyrrole nitrogens is 2. The van der Waals surface area contributed by atoms with E-state index in [0.717, 1.165) is 33.7 Å². The zero-order valence-electron chi connectivity index (χ0n) is 15.7. The number of aromatic nitrogens is 5. The monoisotopic (exact) mass is 385 g/mol. The molecule has 5 aromatic rings. The SMILES string of the molecule is COc1cc(Nc2nccc(NCc3ccc4[nH]ccc4c3)n2)c2cn[nH]c2c1. The number of ether oxygens (including phenoxy) is 1. The van der Waals surface area contributed by atoms with Crippen LogP contribution in [-0.4, -0.2) is 32.3 Å². The van der Waals surface area contributed by atoms with Crippen LogP contribution in [-0.2, 0) is 6.54 Å². The molecule has 0 bridgehead atoms. The van der Waals surface area contributed by atoms with Gasteiger partial charge in [0.15, 0.2) is 0 Å². The lowest BCUT2D eigenvalue weighted by Gasteiger charge is -2.10. The third-order valence-electron chi connectivity index (χ3n) is 4.76. The van der Waals surface area contributed by atoms with Crippen LogP contribution >= 0.6 is 0 Å². The molecule has 0 aliphatic carbocycles. The Labute approximate surface area is 166 Å². The molecular weight excluding hydrogens is 366 g/mol. The largest absolute Gasteiger partial charge is 0.497 e. The van der Waals surface area contributed by atoms with Gasteiger partial charge in [0.1, 0.15) is 11.6 Å². The summed E-state index contributed by atoms with van der Waals surface area (Å²) in [4.78, 5) is 12.1. The van der Waals surface area contributed by atoms with Gasteiger partial charge in [-0.2, -0.15) is 10.1 Å². The van der Waals surface area contributed by atoms with Gasteiger partial charge < -0.3 is 20.4 Å². The second kappa shape index (κ2) is 7.16. The average Bonchev–Trinajstić information content (AvgIpc) is 3.41. The number of nitrogens with zero attached hydrogens (tertiary/aromatic N) is 3. The third kappa shape index (κ3) is 3.43. The van der Waals surface area contributed by atoms with Crippen molar-refractivity contribution in [1.82, 2.24) is 25.1 Å². The van der Waals surface area contributed by atoms with Crippen LogP contribution in [0.5, 0.6) is 5.75 Å². The molecule has 0 saturated heterocycles. The Bertz CT molecular complexity index is 1290. The highest BCUT2D eigenvalue weighted by molar-refractivity contribution is 5.93. The molecule has 29 heavy (non-hydrogen) atoms.